The zero-order valence-corrected chi connectivity index (χ0v) is 20.4. The first-order chi connectivity index (χ1) is 15.2. The van der Waals surface area contributed by atoms with Crippen LogP contribution in [0.1, 0.15) is 29.5 Å². The number of anilines is 1. The Hall–Kier alpha value is -2.95. The van der Waals surface area contributed by atoms with Gasteiger partial charge in [-0.25, -0.2) is 9.67 Å². The number of aromatic nitrogens is 3. The van der Waals surface area contributed by atoms with Gasteiger partial charge < -0.3 is 15.5 Å². The molecule has 3 aromatic rings. The number of aliphatic imine (C=N–C) groups is 1. The topological polar surface area (TPSA) is 87.4 Å². The van der Waals surface area contributed by atoms with Gasteiger partial charge in [-0.15, -0.1) is 24.0 Å². The SMILES string of the molecule is CN=C(NCc1ccc(N2CCCC2=O)cc1)NCc1cccc(Cn2cncn2)c1.I. The molecule has 2 aromatic carbocycles. The lowest BCUT2D eigenvalue weighted by Gasteiger charge is -2.16. The maximum atomic E-state index is 11.9. The van der Waals surface area contributed by atoms with Crippen LogP contribution in [0.3, 0.4) is 0 Å². The molecule has 2 heterocycles. The van der Waals surface area contributed by atoms with Crippen molar-refractivity contribution in [3.63, 3.8) is 0 Å². The maximum Gasteiger partial charge on any atom is 0.227 e. The lowest BCUT2D eigenvalue weighted by atomic mass is 10.1. The summed E-state index contributed by atoms with van der Waals surface area (Å²) in [5.74, 6) is 0.946. The Kier molecular flexibility index (Phi) is 8.60. The number of guanidine groups is 1. The Morgan fingerprint density at radius 3 is 2.47 bits per heavy atom. The van der Waals surface area contributed by atoms with E-state index in [-0.39, 0.29) is 29.9 Å². The third-order valence-electron chi connectivity index (χ3n) is 5.27. The molecule has 1 fully saturated rings. The van der Waals surface area contributed by atoms with Crippen molar-refractivity contribution in [1.29, 1.82) is 0 Å². The van der Waals surface area contributed by atoms with Crippen molar-refractivity contribution >= 4 is 41.5 Å². The van der Waals surface area contributed by atoms with E-state index in [2.05, 4.69) is 56.0 Å². The van der Waals surface area contributed by atoms with E-state index in [4.69, 9.17) is 0 Å². The van der Waals surface area contributed by atoms with Crippen molar-refractivity contribution in [2.75, 3.05) is 18.5 Å². The molecule has 2 N–H and O–H groups in total. The van der Waals surface area contributed by atoms with Crippen LogP contribution in [0.5, 0.6) is 0 Å². The lowest BCUT2D eigenvalue weighted by Crippen LogP contribution is -2.36. The third-order valence-corrected chi connectivity index (χ3v) is 5.27. The monoisotopic (exact) mass is 545 g/mol. The predicted molar refractivity (Wildman–Crippen MR) is 136 cm³/mol. The van der Waals surface area contributed by atoms with Gasteiger partial charge in [-0.3, -0.25) is 9.79 Å². The average Bonchev–Trinajstić information content (AvgIpc) is 3.46. The number of benzene rings is 2. The smallest absolute Gasteiger partial charge is 0.227 e. The van der Waals surface area contributed by atoms with Crippen LogP contribution in [0.15, 0.2) is 66.2 Å². The highest BCUT2D eigenvalue weighted by atomic mass is 127. The molecule has 0 unspecified atom stereocenters. The molecule has 1 aliphatic rings. The molecular weight excluding hydrogens is 517 g/mol. The molecule has 4 rings (SSSR count). The predicted octanol–water partition coefficient (Wildman–Crippen LogP) is 2.94. The molecule has 1 amide bonds. The molecule has 0 saturated carbocycles. The molecule has 0 atom stereocenters. The van der Waals surface area contributed by atoms with Crippen molar-refractivity contribution in [2.24, 2.45) is 4.99 Å². The number of rotatable bonds is 7. The van der Waals surface area contributed by atoms with Crippen LogP contribution in [0.4, 0.5) is 5.69 Å². The zero-order valence-electron chi connectivity index (χ0n) is 18.1. The van der Waals surface area contributed by atoms with Gasteiger partial charge in [0.05, 0.1) is 6.54 Å². The first-order valence-electron chi connectivity index (χ1n) is 10.5. The quantitative estimate of drug-likeness (QED) is 0.271. The maximum absolute atomic E-state index is 11.9. The molecule has 32 heavy (non-hydrogen) atoms. The molecule has 1 saturated heterocycles. The van der Waals surface area contributed by atoms with Crippen LogP contribution in [-0.4, -0.2) is 40.2 Å². The second-order valence-electron chi connectivity index (χ2n) is 7.51. The summed E-state index contributed by atoms with van der Waals surface area (Å²) in [6.45, 7) is 2.83. The van der Waals surface area contributed by atoms with E-state index in [1.54, 1.807) is 24.4 Å². The molecule has 0 bridgehead atoms. The van der Waals surface area contributed by atoms with Gasteiger partial charge in [0.2, 0.25) is 5.91 Å². The summed E-state index contributed by atoms with van der Waals surface area (Å²) in [6.07, 6.45) is 4.84. The van der Waals surface area contributed by atoms with Gasteiger partial charge >= 0.3 is 0 Å². The summed E-state index contributed by atoms with van der Waals surface area (Å²) in [4.78, 5) is 22.0. The van der Waals surface area contributed by atoms with Gasteiger partial charge in [0, 0.05) is 38.8 Å². The summed E-state index contributed by atoms with van der Waals surface area (Å²) in [5.41, 5.74) is 4.44. The van der Waals surface area contributed by atoms with E-state index < -0.39 is 0 Å². The molecule has 0 radical (unpaired) electrons. The van der Waals surface area contributed by atoms with Crippen LogP contribution >= 0.6 is 24.0 Å². The largest absolute Gasteiger partial charge is 0.352 e. The number of carbonyl (C=O) groups is 1. The molecule has 0 aliphatic carbocycles. The Morgan fingerprint density at radius 1 is 1.06 bits per heavy atom. The van der Waals surface area contributed by atoms with E-state index in [0.717, 1.165) is 30.2 Å². The van der Waals surface area contributed by atoms with E-state index in [1.807, 2.05) is 23.1 Å². The van der Waals surface area contributed by atoms with Crippen molar-refractivity contribution in [3.05, 3.63) is 77.9 Å². The molecular formula is C23H28IN7O. The standard InChI is InChI=1S/C23H27N7O.HI/c1-24-23(26-13-18-7-9-21(10-8-18)30-11-3-6-22(30)31)27-14-19-4-2-5-20(12-19)15-29-17-25-16-28-29;/h2,4-5,7-10,12,16-17H,3,6,11,13-15H2,1H3,(H2,24,26,27);1H. The molecule has 9 heteroatoms. The van der Waals surface area contributed by atoms with Crippen LogP contribution < -0.4 is 15.5 Å². The van der Waals surface area contributed by atoms with Gasteiger partial charge in [0.25, 0.3) is 0 Å². The van der Waals surface area contributed by atoms with E-state index in [0.29, 0.717) is 26.1 Å². The summed E-state index contributed by atoms with van der Waals surface area (Å²) in [7, 11) is 1.76. The van der Waals surface area contributed by atoms with Gasteiger partial charge in [-0.05, 0) is 35.2 Å². The van der Waals surface area contributed by atoms with Gasteiger partial charge in [-0.2, -0.15) is 5.10 Å². The highest BCUT2D eigenvalue weighted by Crippen LogP contribution is 2.21. The van der Waals surface area contributed by atoms with Crippen LogP contribution in [0, 0.1) is 0 Å². The number of nitrogens with zero attached hydrogens (tertiary/aromatic N) is 5. The zero-order chi connectivity index (χ0) is 21.5. The second kappa shape index (κ2) is 11.6. The average molecular weight is 545 g/mol. The number of amides is 1. The summed E-state index contributed by atoms with van der Waals surface area (Å²) in [6, 6.07) is 16.5. The van der Waals surface area contributed by atoms with Crippen LogP contribution in [0.25, 0.3) is 0 Å². The minimum atomic E-state index is 0. The fourth-order valence-electron chi connectivity index (χ4n) is 3.65. The summed E-state index contributed by atoms with van der Waals surface area (Å²) < 4.78 is 1.80. The fraction of sp³-hybridized carbons (Fsp3) is 0.304. The number of nitrogens with one attached hydrogen (secondary N) is 2. The number of hydrogen-bond acceptors (Lipinski definition) is 4. The van der Waals surface area contributed by atoms with Gasteiger partial charge in [0.1, 0.15) is 12.7 Å². The van der Waals surface area contributed by atoms with Gasteiger partial charge in [0.15, 0.2) is 5.96 Å². The second-order valence-corrected chi connectivity index (χ2v) is 7.51. The molecule has 1 aliphatic heterocycles. The summed E-state index contributed by atoms with van der Waals surface area (Å²) in [5, 5.41) is 10.9. The normalized spacial score (nSPS) is 13.7. The van der Waals surface area contributed by atoms with Crippen LogP contribution in [0.2, 0.25) is 0 Å². The Bertz CT molecular complexity index is 1030. The molecule has 8 nitrogen and oxygen atoms in total. The first-order valence-corrected chi connectivity index (χ1v) is 10.5. The molecule has 1 aromatic heterocycles. The third kappa shape index (κ3) is 6.28. The minimum Gasteiger partial charge on any atom is -0.352 e. The first kappa shape index (κ1) is 23.7. The summed E-state index contributed by atoms with van der Waals surface area (Å²) >= 11 is 0. The van der Waals surface area contributed by atoms with Crippen molar-refractivity contribution < 1.29 is 4.79 Å². The van der Waals surface area contributed by atoms with Crippen LogP contribution in [-0.2, 0) is 24.4 Å². The van der Waals surface area contributed by atoms with Crippen molar-refractivity contribution in [2.45, 2.75) is 32.5 Å². The molecule has 168 valence electrons. The van der Waals surface area contributed by atoms with E-state index >= 15 is 0 Å². The minimum absolute atomic E-state index is 0. The number of halogens is 1. The van der Waals surface area contributed by atoms with Crippen molar-refractivity contribution in [3.8, 4) is 0 Å². The number of carbonyl (C=O) groups excluding carboxylic acids is 1. The Labute approximate surface area is 205 Å². The molecule has 0 spiro atoms. The fourth-order valence-corrected chi connectivity index (χ4v) is 3.65. The van der Waals surface area contributed by atoms with E-state index in [1.165, 1.54) is 11.1 Å². The Morgan fingerprint density at radius 2 is 1.81 bits per heavy atom. The lowest BCUT2D eigenvalue weighted by molar-refractivity contribution is -0.117. The van der Waals surface area contributed by atoms with E-state index in [9.17, 15) is 4.79 Å². The highest BCUT2D eigenvalue weighted by Gasteiger charge is 2.21. The van der Waals surface area contributed by atoms with Crippen molar-refractivity contribution in [1.82, 2.24) is 25.4 Å². The number of hydrogen-bond donors (Lipinski definition) is 2. The van der Waals surface area contributed by atoms with Gasteiger partial charge in [-0.1, -0.05) is 36.4 Å². The Balaban J connectivity index is 0.00000289. The highest BCUT2D eigenvalue weighted by molar-refractivity contribution is 14.0.